The Morgan fingerprint density at radius 3 is 2.78 bits per heavy atom. The predicted octanol–water partition coefficient (Wildman–Crippen LogP) is 2.33. The fraction of sp³-hybridized carbons (Fsp3) is 0.625. The number of hydrogen-bond donors (Lipinski definition) is 1. The quantitative estimate of drug-likeness (QED) is 0.924. The van der Waals surface area contributed by atoms with E-state index in [1.807, 2.05) is 20.8 Å². The molecule has 0 aliphatic carbocycles. The SMILES string of the molecule is COC(=O)N1CCC[C@@H](C(=O)Nc2cc(C)nc(C(C)C)n2)C1. The van der Waals surface area contributed by atoms with E-state index in [-0.39, 0.29) is 23.8 Å². The van der Waals surface area contributed by atoms with Gasteiger partial charge in [0.25, 0.3) is 0 Å². The van der Waals surface area contributed by atoms with Gasteiger partial charge in [-0.05, 0) is 19.8 Å². The van der Waals surface area contributed by atoms with Crippen LogP contribution in [0.2, 0.25) is 0 Å². The normalized spacial score (nSPS) is 18.0. The average Bonchev–Trinajstić information content (AvgIpc) is 2.53. The van der Waals surface area contributed by atoms with Crippen LogP contribution in [0.5, 0.6) is 0 Å². The lowest BCUT2D eigenvalue weighted by atomic mass is 9.97. The highest BCUT2D eigenvalue weighted by molar-refractivity contribution is 5.92. The van der Waals surface area contributed by atoms with Crippen LogP contribution < -0.4 is 5.32 Å². The summed E-state index contributed by atoms with van der Waals surface area (Å²) < 4.78 is 4.73. The zero-order valence-electron chi connectivity index (χ0n) is 14.1. The van der Waals surface area contributed by atoms with E-state index < -0.39 is 0 Å². The first-order chi connectivity index (χ1) is 10.9. The van der Waals surface area contributed by atoms with Crippen molar-refractivity contribution in [2.45, 2.75) is 39.5 Å². The number of carbonyl (C=O) groups excluding carboxylic acids is 2. The van der Waals surface area contributed by atoms with Crippen molar-refractivity contribution < 1.29 is 14.3 Å². The largest absolute Gasteiger partial charge is 0.453 e. The van der Waals surface area contributed by atoms with Crippen LogP contribution in [0.1, 0.15) is 44.1 Å². The lowest BCUT2D eigenvalue weighted by Gasteiger charge is -2.30. The Morgan fingerprint density at radius 1 is 1.39 bits per heavy atom. The minimum atomic E-state index is -0.387. The highest BCUT2D eigenvalue weighted by Crippen LogP contribution is 2.20. The second kappa shape index (κ2) is 7.39. The molecule has 7 nitrogen and oxygen atoms in total. The number of piperidine rings is 1. The summed E-state index contributed by atoms with van der Waals surface area (Å²) in [6.45, 7) is 6.90. The van der Waals surface area contributed by atoms with E-state index in [4.69, 9.17) is 4.74 Å². The minimum absolute atomic E-state index is 0.119. The van der Waals surface area contributed by atoms with Gasteiger partial charge in [-0.3, -0.25) is 4.79 Å². The molecule has 0 saturated carbocycles. The first-order valence-corrected chi connectivity index (χ1v) is 7.90. The van der Waals surface area contributed by atoms with E-state index in [0.29, 0.717) is 24.7 Å². The molecular weight excluding hydrogens is 296 g/mol. The summed E-state index contributed by atoms with van der Waals surface area (Å²) in [5, 5.41) is 2.86. The summed E-state index contributed by atoms with van der Waals surface area (Å²) >= 11 is 0. The highest BCUT2D eigenvalue weighted by Gasteiger charge is 2.29. The van der Waals surface area contributed by atoms with Crippen molar-refractivity contribution in [2.75, 3.05) is 25.5 Å². The molecule has 2 amide bonds. The molecule has 1 aliphatic rings. The molecule has 0 unspecified atom stereocenters. The zero-order valence-corrected chi connectivity index (χ0v) is 14.1. The predicted molar refractivity (Wildman–Crippen MR) is 86.2 cm³/mol. The molecule has 0 spiro atoms. The number of amides is 2. The van der Waals surface area contributed by atoms with Gasteiger partial charge in [0.15, 0.2) is 0 Å². The third-order valence-corrected chi connectivity index (χ3v) is 3.86. The topological polar surface area (TPSA) is 84.4 Å². The summed E-state index contributed by atoms with van der Waals surface area (Å²) in [6, 6.07) is 1.75. The van der Waals surface area contributed by atoms with Gasteiger partial charge in [-0.2, -0.15) is 0 Å². The second-order valence-corrected chi connectivity index (χ2v) is 6.15. The molecule has 7 heteroatoms. The van der Waals surface area contributed by atoms with Gasteiger partial charge in [-0.15, -0.1) is 0 Å². The maximum absolute atomic E-state index is 12.5. The molecule has 1 saturated heterocycles. The van der Waals surface area contributed by atoms with Crippen molar-refractivity contribution in [2.24, 2.45) is 5.92 Å². The van der Waals surface area contributed by atoms with Crippen LogP contribution in [-0.2, 0) is 9.53 Å². The summed E-state index contributed by atoms with van der Waals surface area (Å²) in [5.41, 5.74) is 0.818. The van der Waals surface area contributed by atoms with Crippen molar-refractivity contribution in [3.05, 3.63) is 17.6 Å². The number of aromatic nitrogens is 2. The Morgan fingerprint density at radius 2 is 2.13 bits per heavy atom. The number of ether oxygens (including phenoxy) is 1. The van der Waals surface area contributed by atoms with Gasteiger partial charge in [-0.1, -0.05) is 13.8 Å². The molecule has 23 heavy (non-hydrogen) atoms. The van der Waals surface area contributed by atoms with Crippen LogP contribution in [0.3, 0.4) is 0 Å². The molecule has 126 valence electrons. The van der Waals surface area contributed by atoms with Gasteiger partial charge in [-0.25, -0.2) is 14.8 Å². The number of aryl methyl sites for hydroxylation is 1. The zero-order chi connectivity index (χ0) is 17.0. The Balaban J connectivity index is 2.05. The van der Waals surface area contributed by atoms with Gasteiger partial charge in [0.2, 0.25) is 5.91 Å². The van der Waals surface area contributed by atoms with Gasteiger partial charge >= 0.3 is 6.09 Å². The van der Waals surface area contributed by atoms with Crippen LogP contribution in [0.4, 0.5) is 10.6 Å². The van der Waals surface area contributed by atoms with E-state index in [9.17, 15) is 9.59 Å². The van der Waals surface area contributed by atoms with Crippen molar-refractivity contribution in [1.82, 2.24) is 14.9 Å². The Labute approximate surface area is 136 Å². The molecule has 1 N–H and O–H groups in total. The average molecular weight is 320 g/mol. The molecule has 1 atom stereocenters. The fourth-order valence-corrected chi connectivity index (χ4v) is 2.63. The molecule has 0 bridgehead atoms. The van der Waals surface area contributed by atoms with Gasteiger partial charge < -0.3 is 15.0 Å². The fourth-order valence-electron chi connectivity index (χ4n) is 2.63. The van der Waals surface area contributed by atoms with E-state index in [1.165, 1.54) is 7.11 Å². The van der Waals surface area contributed by atoms with Crippen molar-refractivity contribution in [1.29, 1.82) is 0 Å². The molecule has 1 aliphatic heterocycles. The first kappa shape index (κ1) is 17.2. The number of hydrogen-bond acceptors (Lipinski definition) is 5. The third-order valence-electron chi connectivity index (χ3n) is 3.86. The number of rotatable bonds is 3. The van der Waals surface area contributed by atoms with Crippen molar-refractivity contribution >= 4 is 17.8 Å². The maximum atomic E-state index is 12.5. The standard InChI is InChI=1S/C16H24N4O3/c1-10(2)14-17-11(3)8-13(18-14)19-15(21)12-6-5-7-20(9-12)16(22)23-4/h8,10,12H,5-7,9H2,1-4H3,(H,17,18,19,21)/t12-/m1/s1. The van der Waals surface area contributed by atoms with E-state index in [0.717, 1.165) is 18.5 Å². The molecule has 0 radical (unpaired) electrons. The lowest BCUT2D eigenvalue weighted by Crippen LogP contribution is -2.43. The summed E-state index contributed by atoms with van der Waals surface area (Å²) in [5.74, 6) is 1.05. The molecule has 1 aromatic rings. The first-order valence-electron chi connectivity index (χ1n) is 7.90. The third kappa shape index (κ3) is 4.40. The van der Waals surface area contributed by atoms with Gasteiger partial charge in [0.1, 0.15) is 11.6 Å². The Kier molecular flexibility index (Phi) is 5.52. The molecule has 0 aromatic carbocycles. The second-order valence-electron chi connectivity index (χ2n) is 6.15. The number of carbonyl (C=O) groups is 2. The van der Waals surface area contributed by atoms with Crippen LogP contribution >= 0.6 is 0 Å². The van der Waals surface area contributed by atoms with Gasteiger partial charge in [0.05, 0.1) is 13.0 Å². The number of anilines is 1. The van der Waals surface area contributed by atoms with E-state index in [1.54, 1.807) is 11.0 Å². The highest BCUT2D eigenvalue weighted by atomic mass is 16.5. The molecular formula is C16H24N4O3. The number of nitrogens with zero attached hydrogens (tertiary/aromatic N) is 3. The molecule has 1 aromatic heterocycles. The van der Waals surface area contributed by atoms with Crippen LogP contribution in [-0.4, -0.2) is 47.1 Å². The number of methoxy groups -OCH3 is 1. The number of nitrogens with one attached hydrogen (secondary N) is 1. The monoisotopic (exact) mass is 320 g/mol. The molecule has 1 fully saturated rings. The lowest BCUT2D eigenvalue weighted by molar-refractivity contribution is -0.121. The smallest absolute Gasteiger partial charge is 0.409 e. The van der Waals surface area contributed by atoms with E-state index >= 15 is 0 Å². The van der Waals surface area contributed by atoms with Gasteiger partial charge in [0, 0.05) is 30.8 Å². The van der Waals surface area contributed by atoms with Crippen molar-refractivity contribution in [3.63, 3.8) is 0 Å². The summed E-state index contributed by atoms with van der Waals surface area (Å²) in [6.07, 6.45) is 1.15. The maximum Gasteiger partial charge on any atom is 0.409 e. The Bertz CT molecular complexity index is 589. The van der Waals surface area contributed by atoms with Crippen molar-refractivity contribution in [3.8, 4) is 0 Å². The van der Waals surface area contributed by atoms with Crippen LogP contribution in [0.25, 0.3) is 0 Å². The van der Waals surface area contributed by atoms with Crippen LogP contribution in [0.15, 0.2) is 6.07 Å². The summed E-state index contributed by atoms with van der Waals surface area (Å²) in [7, 11) is 1.35. The molecule has 2 heterocycles. The van der Waals surface area contributed by atoms with Crippen LogP contribution in [0, 0.1) is 12.8 Å². The molecule has 2 rings (SSSR count). The Hall–Kier alpha value is -2.18. The number of likely N-dealkylation sites (tertiary alicyclic amines) is 1. The summed E-state index contributed by atoms with van der Waals surface area (Å²) in [4.78, 5) is 34.4. The van der Waals surface area contributed by atoms with E-state index in [2.05, 4.69) is 15.3 Å². The minimum Gasteiger partial charge on any atom is -0.453 e.